The SMILES string of the molecule is CCN(CC)CCOCC=C(C)C/C(=C/c1ccccc1)c1ccccc1. The van der Waals surface area contributed by atoms with E-state index in [0.717, 1.165) is 32.7 Å². The maximum Gasteiger partial charge on any atom is 0.0650 e. The van der Waals surface area contributed by atoms with Crippen LogP contribution in [0.1, 0.15) is 38.3 Å². The van der Waals surface area contributed by atoms with Gasteiger partial charge in [-0.15, -0.1) is 0 Å². The molecule has 0 atom stereocenters. The fourth-order valence-corrected chi connectivity index (χ4v) is 3.03. The molecule has 2 aromatic carbocycles. The summed E-state index contributed by atoms with van der Waals surface area (Å²) in [6, 6.07) is 21.2. The van der Waals surface area contributed by atoms with Gasteiger partial charge in [-0.05, 0) is 43.1 Å². The summed E-state index contributed by atoms with van der Waals surface area (Å²) in [4.78, 5) is 2.38. The lowest BCUT2D eigenvalue weighted by atomic mass is 9.96. The molecule has 0 aliphatic rings. The molecule has 0 saturated heterocycles. The molecule has 0 fully saturated rings. The summed E-state index contributed by atoms with van der Waals surface area (Å²) in [7, 11) is 0. The van der Waals surface area contributed by atoms with Gasteiger partial charge < -0.3 is 9.64 Å². The van der Waals surface area contributed by atoms with Crippen LogP contribution in [0.5, 0.6) is 0 Å². The number of nitrogens with zero attached hydrogens (tertiary/aromatic N) is 1. The molecule has 0 aromatic heterocycles. The maximum absolute atomic E-state index is 5.81. The highest BCUT2D eigenvalue weighted by molar-refractivity contribution is 5.82. The highest BCUT2D eigenvalue weighted by Crippen LogP contribution is 2.25. The van der Waals surface area contributed by atoms with Crippen molar-refractivity contribution in [1.82, 2.24) is 4.90 Å². The predicted molar refractivity (Wildman–Crippen MR) is 118 cm³/mol. The quantitative estimate of drug-likeness (QED) is 0.279. The first-order valence-corrected chi connectivity index (χ1v) is 9.99. The van der Waals surface area contributed by atoms with Gasteiger partial charge in [0.25, 0.3) is 0 Å². The fraction of sp³-hybridized carbons (Fsp3) is 0.360. The van der Waals surface area contributed by atoms with Gasteiger partial charge >= 0.3 is 0 Å². The first-order valence-electron chi connectivity index (χ1n) is 9.99. The van der Waals surface area contributed by atoms with Crippen molar-refractivity contribution < 1.29 is 4.74 Å². The van der Waals surface area contributed by atoms with Crippen LogP contribution < -0.4 is 0 Å². The van der Waals surface area contributed by atoms with Crippen LogP contribution in [0.25, 0.3) is 11.6 Å². The first kappa shape index (κ1) is 21.1. The topological polar surface area (TPSA) is 12.5 Å². The number of likely N-dealkylation sites (N-methyl/N-ethyl adjacent to an activating group) is 1. The van der Waals surface area contributed by atoms with E-state index in [2.05, 4.69) is 98.5 Å². The van der Waals surface area contributed by atoms with E-state index in [0.29, 0.717) is 6.61 Å². The highest BCUT2D eigenvalue weighted by Gasteiger charge is 2.04. The van der Waals surface area contributed by atoms with E-state index in [1.165, 1.54) is 22.3 Å². The van der Waals surface area contributed by atoms with Crippen LogP contribution in [0.4, 0.5) is 0 Å². The third-order valence-electron chi connectivity index (χ3n) is 4.75. The Morgan fingerprint density at radius 1 is 0.926 bits per heavy atom. The second-order valence-electron chi connectivity index (χ2n) is 6.78. The Kier molecular flexibility index (Phi) is 9.61. The van der Waals surface area contributed by atoms with Gasteiger partial charge in [0.05, 0.1) is 13.2 Å². The number of benzene rings is 2. The molecule has 27 heavy (non-hydrogen) atoms. The van der Waals surface area contributed by atoms with Gasteiger partial charge in [-0.2, -0.15) is 0 Å². The van der Waals surface area contributed by atoms with E-state index in [1.807, 2.05) is 0 Å². The molecule has 0 amide bonds. The minimum atomic E-state index is 0.681. The van der Waals surface area contributed by atoms with Gasteiger partial charge in [-0.1, -0.05) is 92.2 Å². The molecule has 0 spiro atoms. The Balaban J connectivity index is 1.97. The normalized spacial score (nSPS) is 12.6. The molecule has 144 valence electrons. The van der Waals surface area contributed by atoms with Crippen molar-refractivity contribution >= 4 is 11.6 Å². The second-order valence-corrected chi connectivity index (χ2v) is 6.78. The average Bonchev–Trinajstić information content (AvgIpc) is 2.71. The van der Waals surface area contributed by atoms with Crippen LogP contribution >= 0.6 is 0 Å². The summed E-state index contributed by atoms with van der Waals surface area (Å²) >= 11 is 0. The summed E-state index contributed by atoms with van der Waals surface area (Å²) in [5.74, 6) is 0. The molecule has 0 aliphatic carbocycles. The fourth-order valence-electron chi connectivity index (χ4n) is 3.03. The van der Waals surface area contributed by atoms with Crippen molar-refractivity contribution in [3.8, 4) is 0 Å². The van der Waals surface area contributed by atoms with Crippen LogP contribution in [0, 0.1) is 0 Å². The molecule has 2 aromatic rings. The summed E-state index contributed by atoms with van der Waals surface area (Å²) in [5, 5.41) is 0. The van der Waals surface area contributed by atoms with E-state index >= 15 is 0 Å². The van der Waals surface area contributed by atoms with Crippen LogP contribution in [0.3, 0.4) is 0 Å². The third-order valence-corrected chi connectivity index (χ3v) is 4.75. The molecular weight excluding hydrogens is 330 g/mol. The molecule has 0 heterocycles. The third kappa shape index (κ3) is 7.94. The Hall–Kier alpha value is -2.16. The minimum Gasteiger partial charge on any atom is -0.376 e. The molecule has 0 aliphatic heterocycles. The molecule has 0 radical (unpaired) electrons. The van der Waals surface area contributed by atoms with Crippen molar-refractivity contribution in [3.05, 3.63) is 83.4 Å². The number of allylic oxidation sites excluding steroid dienone is 2. The zero-order valence-corrected chi connectivity index (χ0v) is 17.0. The van der Waals surface area contributed by atoms with Gasteiger partial charge in [-0.25, -0.2) is 0 Å². The number of rotatable bonds is 11. The lowest BCUT2D eigenvalue weighted by molar-refractivity contribution is 0.128. The first-order chi connectivity index (χ1) is 13.2. The molecule has 2 nitrogen and oxygen atoms in total. The van der Waals surface area contributed by atoms with E-state index < -0.39 is 0 Å². The van der Waals surface area contributed by atoms with Crippen LogP contribution in [0.15, 0.2) is 72.3 Å². The molecule has 2 heteroatoms. The standard InChI is InChI=1S/C25H33NO/c1-4-26(5-2)17-19-27-18-16-22(3)20-25(24-14-10-7-11-15-24)21-23-12-8-6-9-13-23/h6-16,21H,4-5,17-20H2,1-3H3/b22-16?,25-21-. The minimum absolute atomic E-state index is 0.681. The maximum atomic E-state index is 5.81. The lowest BCUT2D eigenvalue weighted by Crippen LogP contribution is -2.27. The number of hydrogen-bond donors (Lipinski definition) is 0. The van der Waals surface area contributed by atoms with E-state index in [-0.39, 0.29) is 0 Å². The summed E-state index contributed by atoms with van der Waals surface area (Å²) in [5.41, 5.74) is 5.18. The molecule has 0 unspecified atom stereocenters. The molecule has 0 bridgehead atoms. The zero-order chi connectivity index (χ0) is 19.3. The van der Waals surface area contributed by atoms with Gasteiger partial charge in [0.2, 0.25) is 0 Å². The highest BCUT2D eigenvalue weighted by atomic mass is 16.5. The molecular formula is C25H33NO. The average molecular weight is 364 g/mol. The summed E-state index contributed by atoms with van der Waals surface area (Å²) in [6.07, 6.45) is 5.43. The Morgan fingerprint density at radius 3 is 2.19 bits per heavy atom. The van der Waals surface area contributed by atoms with E-state index in [4.69, 9.17) is 4.74 Å². The van der Waals surface area contributed by atoms with Gasteiger partial charge in [0.1, 0.15) is 0 Å². The predicted octanol–water partition coefficient (Wildman–Crippen LogP) is 5.92. The van der Waals surface area contributed by atoms with Crippen molar-refractivity contribution in [2.24, 2.45) is 0 Å². The van der Waals surface area contributed by atoms with Crippen molar-refractivity contribution in [2.45, 2.75) is 27.2 Å². The largest absolute Gasteiger partial charge is 0.376 e. The van der Waals surface area contributed by atoms with Crippen molar-refractivity contribution in [1.29, 1.82) is 0 Å². The molecule has 0 saturated carbocycles. The summed E-state index contributed by atoms with van der Waals surface area (Å²) in [6.45, 7) is 11.2. The number of ether oxygens (including phenoxy) is 1. The Labute approximate surface area is 165 Å². The number of hydrogen-bond acceptors (Lipinski definition) is 2. The lowest BCUT2D eigenvalue weighted by Gasteiger charge is -2.17. The second kappa shape index (κ2) is 12.3. The van der Waals surface area contributed by atoms with E-state index in [9.17, 15) is 0 Å². The Morgan fingerprint density at radius 2 is 1.56 bits per heavy atom. The molecule has 0 N–H and O–H groups in total. The van der Waals surface area contributed by atoms with Crippen LogP contribution in [-0.4, -0.2) is 37.7 Å². The van der Waals surface area contributed by atoms with Crippen molar-refractivity contribution in [2.75, 3.05) is 32.8 Å². The monoisotopic (exact) mass is 363 g/mol. The zero-order valence-electron chi connectivity index (χ0n) is 17.0. The van der Waals surface area contributed by atoms with E-state index in [1.54, 1.807) is 0 Å². The molecule has 2 rings (SSSR count). The van der Waals surface area contributed by atoms with Gasteiger partial charge in [0, 0.05) is 6.54 Å². The smallest absolute Gasteiger partial charge is 0.0650 e. The van der Waals surface area contributed by atoms with Gasteiger partial charge in [-0.3, -0.25) is 0 Å². The Bertz CT molecular complexity index is 700. The summed E-state index contributed by atoms with van der Waals surface area (Å²) < 4.78 is 5.81. The van der Waals surface area contributed by atoms with Gasteiger partial charge in [0.15, 0.2) is 0 Å². The van der Waals surface area contributed by atoms with Crippen LogP contribution in [0.2, 0.25) is 0 Å². The van der Waals surface area contributed by atoms with Crippen molar-refractivity contribution in [3.63, 3.8) is 0 Å². The van der Waals surface area contributed by atoms with Crippen LogP contribution in [-0.2, 0) is 4.74 Å².